The quantitative estimate of drug-likeness (QED) is 0.213. The van der Waals surface area contributed by atoms with Crippen LogP contribution in [0.1, 0.15) is 35.5 Å². The van der Waals surface area contributed by atoms with Crippen molar-refractivity contribution < 1.29 is 33.8 Å². The lowest BCUT2D eigenvalue weighted by molar-refractivity contribution is -0.385. The molecule has 2 aromatic carbocycles. The standard InChI is InChI=1S/C21H18Cl2N6O8/c1-35-19(32)8-28-21(25-26-27-28)20(11-5-16-17(37-9-36-16)7-15(11)29(33)34)24-14(6-18(30)31)10-2-3-12(22)13(23)4-10/h2-5,7,14,20,24H,6,8-9H2,1H3,(H,30,31). The Labute approximate surface area is 218 Å². The number of rotatable bonds is 10. The van der Waals surface area contributed by atoms with E-state index in [1.807, 2.05) is 0 Å². The molecule has 2 heterocycles. The predicted octanol–water partition coefficient (Wildman–Crippen LogP) is 2.68. The number of halogens is 2. The average molecular weight is 553 g/mol. The number of esters is 1. The third-order valence-electron chi connectivity index (χ3n) is 5.45. The minimum absolute atomic E-state index is 0.0252. The van der Waals surface area contributed by atoms with Gasteiger partial charge in [0, 0.05) is 6.04 Å². The van der Waals surface area contributed by atoms with Crippen LogP contribution in [0.5, 0.6) is 11.5 Å². The van der Waals surface area contributed by atoms with Crippen LogP contribution in [0.25, 0.3) is 0 Å². The van der Waals surface area contributed by atoms with Crippen LogP contribution in [0.3, 0.4) is 0 Å². The Morgan fingerprint density at radius 1 is 1.24 bits per heavy atom. The molecule has 1 aliphatic rings. The van der Waals surface area contributed by atoms with Gasteiger partial charge in [0.05, 0.1) is 40.1 Å². The number of methoxy groups -OCH3 is 1. The van der Waals surface area contributed by atoms with Crippen molar-refractivity contribution >= 4 is 40.8 Å². The first-order chi connectivity index (χ1) is 17.7. The Bertz CT molecular complexity index is 1370. The molecule has 194 valence electrons. The van der Waals surface area contributed by atoms with Crippen molar-refractivity contribution in [3.8, 4) is 11.5 Å². The predicted molar refractivity (Wildman–Crippen MR) is 125 cm³/mol. The van der Waals surface area contributed by atoms with Crippen molar-refractivity contribution in [2.45, 2.75) is 25.0 Å². The summed E-state index contributed by atoms with van der Waals surface area (Å²) in [6.45, 7) is -0.551. The highest BCUT2D eigenvalue weighted by molar-refractivity contribution is 6.42. The van der Waals surface area contributed by atoms with E-state index in [9.17, 15) is 24.8 Å². The minimum Gasteiger partial charge on any atom is -0.481 e. The van der Waals surface area contributed by atoms with Gasteiger partial charge in [0.2, 0.25) is 6.79 Å². The van der Waals surface area contributed by atoms with Crippen LogP contribution in [-0.2, 0) is 20.9 Å². The molecule has 0 bridgehead atoms. The summed E-state index contributed by atoms with van der Waals surface area (Å²) >= 11 is 12.2. The Kier molecular flexibility index (Phi) is 7.71. The van der Waals surface area contributed by atoms with Gasteiger partial charge >= 0.3 is 11.9 Å². The maximum atomic E-state index is 12.0. The molecule has 4 rings (SSSR count). The highest BCUT2D eigenvalue weighted by Crippen LogP contribution is 2.42. The Morgan fingerprint density at radius 3 is 2.62 bits per heavy atom. The Hall–Kier alpha value is -4.01. The van der Waals surface area contributed by atoms with Gasteiger partial charge in [-0.1, -0.05) is 29.3 Å². The number of nitrogens with zero attached hydrogens (tertiary/aromatic N) is 5. The van der Waals surface area contributed by atoms with E-state index >= 15 is 0 Å². The second-order valence-corrected chi connectivity index (χ2v) is 8.53. The van der Waals surface area contributed by atoms with Crippen molar-refractivity contribution in [1.82, 2.24) is 25.5 Å². The molecule has 2 N–H and O–H groups in total. The SMILES string of the molecule is COC(=O)Cn1nnnc1C(NC(CC(=O)O)c1ccc(Cl)c(Cl)c1)c1cc2c(cc1[N+](=O)[O-])OCO2. The number of tetrazole rings is 1. The van der Waals surface area contributed by atoms with Gasteiger partial charge in [0.15, 0.2) is 17.3 Å². The lowest BCUT2D eigenvalue weighted by Gasteiger charge is -2.25. The van der Waals surface area contributed by atoms with Crippen LogP contribution >= 0.6 is 23.2 Å². The first-order valence-electron chi connectivity index (χ1n) is 10.5. The summed E-state index contributed by atoms with van der Waals surface area (Å²) in [5.41, 5.74) is 0.0837. The summed E-state index contributed by atoms with van der Waals surface area (Å²) in [6, 6.07) is 4.95. The number of hydrogen-bond donors (Lipinski definition) is 2. The number of benzene rings is 2. The van der Waals surface area contributed by atoms with E-state index in [2.05, 4.69) is 25.6 Å². The molecule has 37 heavy (non-hydrogen) atoms. The fourth-order valence-electron chi connectivity index (χ4n) is 3.74. The number of nitro groups is 1. The lowest BCUT2D eigenvalue weighted by Crippen LogP contribution is -2.32. The van der Waals surface area contributed by atoms with E-state index in [1.54, 1.807) is 6.07 Å². The fourth-order valence-corrected chi connectivity index (χ4v) is 4.04. The maximum absolute atomic E-state index is 12.0. The number of aromatic nitrogens is 4. The molecule has 0 fully saturated rings. The van der Waals surface area contributed by atoms with Crippen molar-refractivity contribution in [3.05, 3.63) is 67.4 Å². The number of ether oxygens (including phenoxy) is 3. The molecule has 3 aromatic rings. The number of fused-ring (bicyclic) bond motifs is 1. The van der Waals surface area contributed by atoms with Crippen LogP contribution in [0.2, 0.25) is 10.0 Å². The fraction of sp³-hybridized carbons (Fsp3) is 0.286. The molecule has 2 atom stereocenters. The molecule has 0 radical (unpaired) electrons. The molecule has 1 aromatic heterocycles. The van der Waals surface area contributed by atoms with Crippen molar-refractivity contribution in [3.63, 3.8) is 0 Å². The summed E-state index contributed by atoms with van der Waals surface area (Å²) in [5, 5.41) is 36.5. The van der Waals surface area contributed by atoms with Gasteiger partial charge in [-0.25, -0.2) is 4.68 Å². The van der Waals surface area contributed by atoms with Gasteiger partial charge in [-0.15, -0.1) is 5.10 Å². The lowest BCUT2D eigenvalue weighted by atomic mass is 9.98. The smallest absolute Gasteiger partial charge is 0.327 e. The van der Waals surface area contributed by atoms with Crippen molar-refractivity contribution in [1.29, 1.82) is 0 Å². The third kappa shape index (κ3) is 5.71. The Balaban J connectivity index is 1.87. The average Bonchev–Trinajstić information content (AvgIpc) is 3.51. The van der Waals surface area contributed by atoms with E-state index in [0.717, 1.165) is 4.68 Å². The summed E-state index contributed by atoms with van der Waals surface area (Å²) in [5.74, 6) is -1.49. The van der Waals surface area contributed by atoms with Crippen LogP contribution < -0.4 is 14.8 Å². The zero-order chi connectivity index (χ0) is 26.7. The van der Waals surface area contributed by atoms with Crippen LogP contribution in [0.4, 0.5) is 5.69 Å². The molecular weight excluding hydrogens is 535 g/mol. The van der Waals surface area contributed by atoms with E-state index in [4.69, 9.17) is 32.7 Å². The highest BCUT2D eigenvalue weighted by Gasteiger charge is 2.34. The number of carbonyl (C=O) groups excluding carboxylic acids is 1. The van der Waals surface area contributed by atoms with E-state index in [1.165, 1.54) is 31.4 Å². The van der Waals surface area contributed by atoms with E-state index in [0.29, 0.717) is 5.56 Å². The largest absolute Gasteiger partial charge is 0.481 e. The molecule has 1 aliphatic heterocycles. The van der Waals surface area contributed by atoms with Gasteiger partial charge in [0.1, 0.15) is 12.6 Å². The number of carboxylic acid groups (broad SMARTS) is 1. The van der Waals surface area contributed by atoms with Gasteiger partial charge < -0.3 is 19.3 Å². The molecule has 0 spiro atoms. The highest BCUT2D eigenvalue weighted by atomic mass is 35.5. The maximum Gasteiger partial charge on any atom is 0.327 e. The van der Waals surface area contributed by atoms with Crippen LogP contribution in [-0.4, -0.2) is 56.1 Å². The van der Waals surface area contributed by atoms with Gasteiger partial charge in [0.25, 0.3) is 5.69 Å². The number of hydrogen-bond acceptors (Lipinski definition) is 11. The molecule has 0 aliphatic carbocycles. The first-order valence-corrected chi connectivity index (χ1v) is 11.3. The summed E-state index contributed by atoms with van der Waals surface area (Å²) < 4.78 is 16.5. The molecule has 2 unspecified atom stereocenters. The monoisotopic (exact) mass is 552 g/mol. The zero-order valence-corrected chi connectivity index (χ0v) is 20.5. The molecule has 0 saturated heterocycles. The normalized spacial score (nSPS) is 13.7. The second-order valence-electron chi connectivity index (χ2n) is 7.72. The van der Waals surface area contributed by atoms with E-state index in [-0.39, 0.29) is 45.4 Å². The molecule has 0 saturated carbocycles. The molecule has 0 amide bonds. The van der Waals surface area contributed by atoms with Crippen LogP contribution in [0, 0.1) is 10.1 Å². The van der Waals surface area contributed by atoms with Gasteiger partial charge in [-0.05, 0) is 34.2 Å². The minimum atomic E-state index is -1.20. The summed E-state index contributed by atoms with van der Waals surface area (Å²) in [7, 11) is 1.18. The van der Waals surface area contributed by atoms with Crippen molar-refractivity contribution in [2.24, 2.45) is 0 Å². The third-order valence-corrected chi connectivity index (χ3v) is 6.19. The Morgan fingerprint density at radius 2 is 1.97 bits per heavy atom. The topological polar surface area (TPSA) is 181 Å². The number of nitro benzene ring substituents is 1. The number of carbonyl (C=O) groups is 2. The summed E-state index contributed by atoms with van der Waals surface area (Å²) in [6.07, 6.45) is -0.453. The molecule has 16 heteroatoms. The number of aliphatic carboxylic acids is 1. The van der Waals surface area contributed by atoms with Crippen LogP contribution in [0.15, 0.2) is 30.3 Å². The first kappa shape index (κ1) is 26.1. The number of carboxylic acids is 1. The molecule has 14 nitrogen and oxygen atoms in total. The van der Waals surface area contributed by atoms with Gasteiger partial charge in [-0.2, -0.15) is 0 Å². The van der Waals surface area contributed by atoms with Crippen molar-refractivity contribution in [2.75, 3.05) is 13.9 Å². The summed E-state index contributed by atoms with van der Waals surface area (Å²) in [4.78, 5) is 35.1. The molecular formula is C21H18Cl2N6O8. The number of nitrogens with one attached hydrogen (secondary N) is 1. The van der Waals surface area contributed by atoms with E-state index < -0.39 is 41.9 Å². The zero-order valence-electron chi connectivity index (χ0n) is 19.0. The second kappa shape index (κ2) is 10.9. The van der Waals surface area contributed by atoms with Gasteiger partial charge in [-0.3, -0.25) is 25.0 Å².